The average Bonchev–Trinajstić information content (AvgIpc) is 3.27. The predicted octanol–water partition coefficient (Wildman–Crippen LogP) is 0.272. The molecule has 0 aliphatic carbocycles. The van der Waals surface area contributed by atoms with E-state index in [1.54, 1.807) is 43.3 Å². The normalized spacial score (nSPS) is 17.3. The number of fused-ring (bicyclic) bond motifs is 1. The zero-order chi connectivity index (χ0) is 27.4. The lowest BCUT2D eigenvalue weighted by atomic mass is 10.1. The minimum Gasteiger partial charge on any atom is -0.465 e. The van der Waals surface area contributed by atoms with Gasteiger partial charge in [-0.25, -0.2) is 0 Å². The van der Waals surface area contributed by atoms with E-state index < -0.39 is 35.9 Å². The third-order valence-corrected chi connectivity index (χ3v) is 6.17. The fraction of sp³-hybridized carbons (Fsp3) is 0.346. The third kappa shape index (κ3) is 5.66. The highest BCUT2D eigenvalue weighted by molar-refractivity contribution is 6.05. The first-order valence-electron chi connectivity index (χ1n) is 12.1. The molecule has 2 unspecified atom stereocenters. The number of aliphatic imine (C=N–C) groups is 1. The molecule has 0 spiro atoms. The van der Waals surface area contributed by atoms with Gasteiger partial charge in [0, 0.05) is 36.1 Å². The van der Waals surface area contributed by atoms with E-state index in [0.717, 1.165) is 11.1 Å². The van der Waals surface area contributed by atoms with Crippen LogP contribution in [0, 0.1) is 0 Å². The van der Waals surface area contributed by atoms with Crippen molar-refractivity contribution in [3.05, 3.63) is 59.2 Å². The van der Waals surface area contributed by atoms with Crippen LogP contribution < -0.4 is 16.0 Å². The van der Waals surface area contributed by atoms with E-state index in [9.17, 15) is 24.3 Å². The standard InChI is InChI=1S/C26H29N5O7/c1-3-37-20(32)14-30(2)25(35)15-5-4-6-18(12-15)31-9-10-38-22(26(31)36)21(33)24(34)29-17-7-8-19-16(11-17)13-28-23(19)27/h4-8,11-12,21-22,33H,3,9-10,13-14H2,1-2H3,(H2,27,28)(H,29,34). The highest BCUT2D eigenvalue weighted by Gasteiger charge is 2.39. The minimum absolute atomic E-state index is 0.0666. The van der Waals surface area contributed by atoms with Gasteiger partial charge in [0.1, 0.15) is 12.4 Å². The summed E-state index contributed by atoms with van der Waals surface area (Å²) in [7, 11) is 1.47. The molecule has 0 aromatic heterocycles. The summed E-state index contributed by atoms with van der Waals surface area (Å²) in [4.78, 5) is 57.2. The molecule has 0 radical (unpaired) electrons. The predicted molar refractivity (Wildman–Crippen MR) is 138 cm³/mol. The highest BCUT2D eigenvalue weighted by Crippen LogP contribution is 2.24. The van der Waals surface area contributed by atoms with Crippen molar-refractivity contribution < 1.29 is 33.8 Å². The van der Waals surface area contributed by atoms with E-state index in [2.05, 4.69) is 10.3 Å². The van der Waals surface area contributed by atoms with Crippen molar-refractivity contribution in [3.63, 3.8) is 0 Å². The Hall–Kier alpha value is -4.29. The Bertz CT molecular complexity index is 1290. The molecule has 2 aliphatic heterocycles. The monoisotopic (exact) mass is 523 g/mol. The molecule has 0 bridgehead atoms. The van der Waals surface area contributed by atoms with Gasteiger partial charge in [0.2, 0.25) is 0 Å². The van der Waals surface area contributed by atoms with Gasteiger partial charge in [-0.1, -0.05) is 6.07 Å². The van der Waals surface area contributed by atoms with Gasteiger partial charge in [0.25, 0.3) is 17.7 Å². The van der Waals surface area contributed by atoms with E-state index in [1.807, 2.05) is 0 Å². The Balaban J connectivity index is 1.43. The van der Waals surface area contributed by atoms with Gasteiger partial charge in [-0.3, -0.25) is 24.2 Å². The number of aliphatic hydroxyl groups is 1. The number of nitrogens with one attached hydrogen (secondary N) is 1. The number of nitrogens with zero attached hydrogens (tertiary/aromatic N) is 3. The lowest BCUT2D eigenvalue weighted by Crippen LogP contribution is -2.55. The fourth-order valence-electron chi connectivity index (χ4n) is 4.25. The second kappa shape index (κ2) is 11.4. The molecule has 1 fully saturated rings. The Kier molecular flexibility index (Phi) is 8.03. The van der Waals surface area contributed by atoms with Gasteiger partial charge >= 0.3 is 5.97 Å². The number of hydrogen-bond acceptors (Lipinski definition) is 9. The summed E-state index contributed by atoms with van der Waals surface area (Å²) in [6.45, 7) is 2.28. The number of ether oxygens (including phenoxy) is 2. The number of amidine groups is 1. The number of aliphatic hydroxyl groups excluding tert-OH is 1. The number of benzene rings is 2. The maximum absolute atomic E-state index is 13.2. The van der Waals surface area contributed by atoms with Crippen molar-refractivity contribution in [3.8, 4) is 0 Å². The number of anilines is 2. The van der Waals surface area contributed by atoms with E-state index in [1.165, 1.54) is 22.9 Å². The van der Waals surface area contributed by atoms with E-state index in [-0.39, 0.29) is 31.9 Å². The Morgan fingerprint density at radius 2 is 2.08 bits per heavy atom. The molecule has 12 heteroatoms. The van der Waals surface area contributed by atoms with Crippen molar-refractivity contribution >= 4 is 40.9 Å². The first-order chi connectivity index (χ1) is 18.2. The number of nitrogens with two attached hydrogens (primary N) is 1. The van der Waals surface area contributed by atoms with Gasteiger partial charge in [0.15, 0.2) is 12.2 Å². The quantitative estimate of drug-likeness (QED) is 0.415. The molecule has 200 valence electrons. The first-order valence-corrected chi connectivity index (χ1v) is 12.1. The van der Waals surface area contributed by atoms with Crippen LogP contribution in [0.25, 0.3) is 0 Å². The van der Waals surface area contributed by atoms with Crippen LogP contribution in [0.15, 0.2) is 47.5 Å². The Morgan fingerprint density at radius 1 is 1.29 bits per heavy atom. The van der Waals surface area contributed by atoms with Crippen LogP contribution in [0.1, 0.15) is 28.4 Å². The lowest BCUT2D eigenvalue weighted by Gasteiger charge is -2.34. The number of carbonyl (C=O) groups excluding carboxylic acids is 4. The molecule has 1 saturated heterocycles. The zero-order valence-electron chi connectivity index (χ0n) is 21.0. The molecule has 2 atom stereocenters. The minimum atomic E-state index is -1.78. The molecular formula is C26H29N5O7. The molecule has 4 rings (SSSR count). The third-order valence-electron chi connectivity index (χ3n) is 6.17. The first kappa shape index (κ1) is 26.8. The van der Waals surface area contributed by atoms with Gasteiger partial charge in [-0.2, -0.15) is 0 Å². The highest BCUT2D eigenvalue weighted by atomic mass is 16.5. The van der Waals surface area contributed by atoms with Crippen molar-refractivity contribution in [2.75, 3.05) is 43.6 Å². The number of hydrogen-bond donors (Lipinski definition) is 3. The maximum atomic E-state index is 13.2. The summed E-state index contributed by atoms with van der Waals surface area (Å²) in [6, 6.07) is 11.4. The van der Waals surface area contributed by atoms with Crippen LogP contribution in [0.4, 0.5) is 11.4 Å². The molecule has 12 nitrogen and oxygen atoms in total. The summed E-state index contributed by atoms with van der Waals surface area (Å²) in [5.41, 5.74) is 8.52. The number of amides is 3. The zero-order valence-corrected chi connectivity index (χ0v) is 21.0. The number of carbonyl (C=O) groups is 4. The van der Waals surface area contributed by atoms with E-state index in [4.69, 9.17) is 15.2 Å². The van der Waals surface area contributed by atoms with Gasteiger partial charge in [-0.15, -0.1) is 0 Å². The van der Waals surface area contributed by atoms with Crippen molar-refractivity contribution in [1.29, 1.82) is 0 Å². The Morgan fingerprint density at radius 3 is 2.84 bits per heavy atom. The number of morpholine rings is 1. The van der Waals surface area contributed by atoms with E-state index >= 15 is 0 Å². The van der Waals surface area contributed by atoms with Crippen LogP contribution in [0.5, 0.6) is 0 Å². The fourth-order valence-corrected chi connectivity index (χ4v) is 4.25. The van der Waals surface area contributed by atoms with Crippen molar-refractivity contribution in [2.24, 2.45) is 10.7 Å². The number of esters is 1. The lowest BCUT2D eigenvalue weighted by molar-refractivity contribution is -0.150. The average molecular weight is 524 g/mol. The summed E-state index contributed by atoms with van der Waals surface area (Å²) >= 11 is 0. The maximum Gasteiger partial charge on any atom is 0.325 e. The summed E-state index contributed by atoms with van der Waals surface area (Å²) in [6.07, 6.45) is -3.22. The van der Waals surface area contributed by atoms with Crippen LogP contribution in [0.2, 0.25) is 0 Å². The van der Waals surface area contributed by atoms with Crippen LogP contribution in [0.3, 0.4) is 0 Å². The molecule has 2 aromatic carbocycles. The molecule has 2 aromatic rings. The van der Waals surface area contributed by atoms with Crippen molar-refractivity contribution in [1.82, 2.24) is 4.90 Å². The largest absolute Gasteiger partial charge is 0.465 e. The summed E-state index contributed by atoms with van der Waals surface area (Å²) < 4.78 is 10.3. The summed E-state index contributed by atoms with van der Waals surface area (Å²) in [5, 5.41) is 13.3. The van der Waals surface area contributed by atoms with Crippen LogP contribution in [-0.2, 0) is 30.4 Å². The number of rotatable bonds is 8. The molecular weight excluding hydrogens is 494 g/mol. The molecule has 2 aliphatic rings. The Labute approximate surface area is 219 Å². The second-order valence-corrected chi connectivity index (χ2v) is 8.81. The molecule has 3 amide bonds. The second-order valence-electron chi connectivity index (χ2n) is 8.81. The SMILES string of the molecule is CCOC(=O)CN(C)C(=O)c1cccc(N2CCOC(C(O)C(=O)Nc3ccc4c(c3)CN=C4N)C2=O)c1. The van der Waals surface area contributed by atoms with Gasteiger partial charge in [0.05, 0.1) is 19.8 Å². The topological polar surface area (TPSA) is 164 Å². The molecule has 38 heavy (non-hydrogen) atoms. The summed E-state index contributed by atoms with van der Waals surface area (Å²) in [5.74, 6) is -1.97. The van der Waals surface area contributed by atoms with Crippen molar-refractivity contribution in [2.45, 2.75) is 25.7 Å². The molecule has 4 N–H and O–H groups in total. The smallest absolute Gasteiger partial charge is 0.325 e. The molecule has 2 heterocycles. The van der Waals surface area contributed by atoms with Crippen LogP contribution >= 0.6 is 0 Å². The van der Waals surface area contributed by atoms with Gasteiger partial charge < -0.3 is 35.4 Å². The molecule has 0 saturated carbocycles. The van der Waals surface area contributed by atoms with Gasteiger partial charge in [-0.05, 0) is 48.9 Å². The number of likely N-dealkylation sites (N-methyl/N-ethyl adjacent to an activating group) is 1. The van der Waals surface area contributed by atoms with E-state index in [0.29, 0.717) is 23.8 Å². The van der Waals surface area contributed by atoms with Crippen LogP contribution in [-0.4, -0.2) is 85.1 Å².